The molecule has 0 radical (unpaired) electrons. The summed E-state index contributed by atoms with van der Waals surface area (Å²) >= 11 is 0. The summed E-state index contributed by atoms with van der Waals surface area (Å²) in [4.78, 5) is 12.2. The fourth-order valence-electron chi connectivity index (χ4n) is 2.37. The van der Waals surface area contributed by atoms with Gasteiger partial charge in [0.1, 0.15) is 5.76 Å². The summed E-state index contributed by atoms with van der Waals surface area (Å²) in [5, 5.41) is 0. The van der Waals surface area contributed by atoms with Crippen molar-refractivity contribution in [3.8, 4) is 0 Å². The maximum absolute atomic E-state index is 12.2. The molecule has 1 fully saturated rings. The summed E-state index contributed by atoms with van der Waals surface area (Å²) in [7, 11) is 0. The van der Waals surface area contributed by atoms with E-state index in [1.165, 1.54) is 24.8 Å². The number of hydrogen-bond donors (Lipinski definition) is 0. The lowest BCUT2D eigenvalue weighted by molar-refractivity contribution is 0.101. The smallest absolute Gasteiger partial charge is 0.228 e. The Morgan fingerprint density at radius 2 is 2.06 bits per heavy atom. The third-order valence-corrected chi connectivity index (χ3v) is 3.69. The molecule has 1 saturated carbocycles. The first kappa shape index (κ1) is 11.3. The molecule has 2 heteroatoms. The minimum atomic E-state index is -0.0238. The molecule has 0 aliphatic heterocycles. The van der Waals surface area contributed by atoms with Gasteiger partial charge in [-0.25, -0.2) is 0 Å². The third kappa shape index (κ3) is 1.99. The van der Waals surface area contributed by atoms with Crippen molar-refractivity contribution < 1.29 is 9.21 Å². The van der Waals surface area contributed by atoms with E-state index >= 15 is 0 Å². The van der Waals surface area contributed by atoms with Crippen LogP contribution in [0.1, 0.15) is 52.6 Å². The van der Waals surface area contributed by atoms with E-state index in [1.807, 2.05) is 31.2 Å². The van der Waals surface area contributed by atoms with E-state index in [1.54, 1.807) is 6.07 Å². The summed E-state index contributed by atoms with van der Waals surface area (Å²) in [6.45, 7) is 1.85. The zero-order valence-corrected chi connectivity index (χ0v) is 10.5. The molecule has 2 nitrogen and oxygen atoms in total. The Hall–Kier alpha value is -1.83. The normalized spacial score (nSPS) is 15.4. The second kappa shape index (κ2) is 4.45. The van der Waals surface area contributed by atoms with Gasteiger partial charge in [-0.2, -0.15) is 0 Å². The highest BCUT2D eigenvalue weighted by Gasteiger charge is 2.21. The number of furan rings is 1. The molecule has 3 rings (SSSR count). The van der Waals surface area contributed by atoms with Crippen LogP contribution in [-0.2, 0) is 0 Å². The molecule has 0 N–H and O–H groups in total. The van der Waals surface area contributed by atoms with Crippen LogP contribution in [0.5, 0.6) is 0 Å². The molecular formula is C16H16O2. The zero-order valence-electron chi connectivity index (χ0n) is 10.5. The van der Waals surface area contributed by atoms with E-state index in [0.29, 0.717) is 11.7 Å². The predicted molar refractivity (Wildman–Crippen MR) is 69.9 cm³/mol. The molecule has 1 aliphatic rings. The highest BCUT2D eigenvalue weighted by Crippen LogP contribution is 2.36. The van der Waals surface area contributed by atoms with Gasteiger partial charge in [-0.05, 0) is 49.4 Å². The fraction of sp³-hybridized carbons (Fsp3) is 0.312. The maximum atomic E-state index is 12.2. The van der Waals surface area contributed by atoms with Gasteiger partial charge in [0.05, 0.1) is 0 Å². The molecule has 0 spiro atoms. The van der Waals surface area contributed by atoms with E-state index in [-0.39, 0.29) is 5.78 Å². The van der Waals surface area contributed by atoms with Gasteiger partial charge in [0, 0.05) is 5.56 Å². The second-order valence-electron chi connectivity index (χ2n) is 4.99. The van der Waals surface area contributed by atoms with E-state index in [0.717, 1.165) is 11.3 Å². The zero-order chi connectivity index (χ0) is 12.5. The predicted octanol–water partition coefficient (Wildman–Crippen LogP) is 4.09. The number of hydrogen-bond acceptors (Lipinski definition) is 2. The molecule has 1 heterocycles. The SMILES string of the molecule is Cc1ccc(C(=O)c2cccc(C3CCC3)c2)o1. The number of rotatable bonds is 3. The number of benzene rings is 1. The van der Waals surface area contributed by atoms with Crippen molar-refractivity contribution in [1.29, 1.82) is 0 Å². The molecule has 1 aromatic heterocycles. The van der Waals surface area contributed by atoms with Crippen molar-refractivity contribution in [2.75, 3.05) is 0 Å². The Kier molecular flexibility index (Phi) is 2.78. The van der Waals surface area contributed by atoms with Gasteiger partial charge in [-0.15, -0.1) is 0 Å². The monoisotopic (exact) mass is 240 g/mol. The molecule has 1 aliphatic carbocycles. The minimum Gasteiger partial charge on any atom is -0.458 e. The van der Waals surface area contributed by atoms with Crippen molar-refractivity contribution >= 4 is 5.78 Å². The van der Waals surface area contributed by atoms with Crippen LogP contribution < -0.4 is 0 Å². The second-order valence-corrected chi connectivity index (χ2v) is 4.99. The largest absolute Gasteiger partial charge is 0.458 e. The van der Waals surface area contributed by atoms with Crippen molar-refractivity contribution in [3.05, 3.63) is 59.0 Å². The average molecular weight is 240 g/mol. The van der Waals surface area contributed by atoms with Crippen molar-refractivity contribution in [2.45, 2.75) is 32.1 Å². The molecule has 0 bridgehead atoms. The lowest BCUT2D eigenvalue weighted by atomic mass is 9.79. The van der Waals surface area contributed by atoms with Crippen LogP contribution in [0.3, 0.4) is 0 Å². The first-order valence-corrected chi connectivity index (χ1v) is 6.45. The van der Waals surface area contributed by atoms with E-state index in [4.69, 9.17) is 4.42 Å². The Balaban J connectivity index is 1.89. The van der Waals surface area contributed by atoms with E-state index < -0.39 is 0 Å². The van der Waals surface area contributed by atoms with Gasteiger partial charge >= 0.3 is 0 Å². The average Bonchev–Trinajstić information content (AvgIpc) is 2.73. The highest BCUT2D eigenvalue weighted by molar-refractivity contribution is 6.07. The van der Waals surface area contributed by atoms with Crippen molar-refractivity contribution in [3.63, 3.8) is 0 Å². The topological polar surface area (TPSA) is 30.2 Å². The molecule has 0 atom stereocenters. The van der Waals surface area contributed by atoms with Gasteiger partial charge in [0.15, 0.2) is 5.76 Å². The van der Waals surface area contributed by atoms with E-state index in [2.05, 4.69) is 6.07 Å². The highest BCUT2D eigenvalue weighted by atomic mass is 16.3. The van der Waals surface area contributed by atoms with Crippen LogP contribution >= 0.6 is 0 Å². The van der Waals surface area contributed by atoms with Gasteiger partial charge in [-0.3, -0.25) is 4.79 Å². The Labute approximate surface area is 107 Å². The van der Waals surface area contributed by atoms with Crippen LogP contribution in [0.4, 0.5) is 0 Å². The van der Waals surface area contributed by atoms with Crippen molar-refractivity contribution in [1.82, 2.24) is 0 Å². The Morgan fingerprint density at radius 3 is 2.67 bits per heavy atom. The molecule has 0 saturated heterocycles. The van der Waals surface area contributed by atoms with Gasteiger partial charge in [-0.1, -0.05) is 24.6 Å². The lowest BCUT2D eigenvalue weighted by Gasteiger charge is -2.25. The minimum absolute atomic E-state index is 0.0238. The molecule has 0 amide bonds. The third-order valence-electron chi connectivity index (χ3n) is 3.69. The summed E-state index contributed by atoms with van der Waals surface area (Å²) in [6.07, 6.45) is 3.80. The molecule has 0 unspecified atom stereocenters. The number of aryl methyl sites for hydroxylation is 1. The summed E-state index contributed by atoms with van der Waals surface area (Å²) in [5.74, 6) is 1.83. The number of carbonyl (C=O) groups excluding carboxylic acids is 1. The summed E-state index contributed by atoms with van der Waals surface area (Å²) < 4.78 is 5.39. The maximum Gasteiger partial charge on any atom is 0.228 e. The quantitative estimate of drug-likeness (QED) is 0.756. The molecular weight excluding hydrogens is 224 g/mol. The first-order chi connectivity index (χ1) is 8.74. The lowest BCUT2D eigenvalue weighted by Crippen LogP contribution is -2.10. The molecule has 92 valence electrons. The van der Waals surface area contributed by atoms with Gasteiger partial charge in [0.2, 0.25) is 5.78 Å². The fourth-order valence-corrected chi connectivity index (χ4v) is 2.37. The van der Waals surface area contributed by atoms with Crippen LogP contribution in [0.15, 0.2) is 40.8 Å². The van der Waals surface area contributed by atoms with Gasteiger partial charge < -0.3 is 4.42 Å². The Bertz CT molecular complexity index is 576. The number of ketones is 1. The summed E-state index contributed by atoms with van der Waals surface area (Å²) in [5.41, 5.74) is 2.02. The van der Waals surface area contributed by atoms with Crippen LogP contribution in [0.2, 0.25) is 0 Å². The summed E-state index contributed by atoms with van der Waals surface area (Å²) in [6, 6.07) is 11.5. The first-order valence-electron chi connectivity index (χ1n) is 6.45. The van der Waals surface area contributed by atoms with Crippen LogP contribution in [-0.4, -0.2) is 5.78 Å². The van der Waals surface area contributed by atoms with Gasteiger partial charge in [0.25, 0.3) is 0 Å². The number of carbonyl (C=O) groups is 1. The Morgan fingerprint density at radius 1 is 1.22 bits per heavy atom. The van der Waals surface area contributed by atoms with Crippen LogP contribution in [0, 0.1) is 6.92 Å². The van der Waals surface area contributed by atoms with Crippen molar-refractivity contribution in [2.24, 2.45) is 0 Å². The van der Waals surface area contributed by atoms with Crippen LogP contribution in [0.25, 0.3) is 0 Å². The molecule has 1 aromatic carbocycles. The van der Waals surface area contributed by atoms with E-state index in [9.17, 15) is 4.79 Å². The molecule has 2 aromatic rings. The standard InChI is InChI=1S/C16H16O2/c1-11-8-9-15(18-11)16(17)14-7-3-6-13(10-14)12-4-2-5-12/h3,6-10,12H,2,4-5H2,1H3. The molecule has 18 heavy (non-hydrogen) atoms.